The number of hydrogen-bond donors (Lipinski definition) is 1. The van der Waals surface area contributed by atoms with Crippen LogP contribution in [-0.2, 0) is 12.4 Å². The number of amides is 1. The lowest BCUT2D eigenvalue weighted by atomic mass is 9.91. The molecule has 10 heteroatoms. The first-order valence-electron chi connectivity index (χ1n) is 10.2. The number of rotatable bonds is 6. The fraction of sp³-hybridized carbons (Fsp3) is 0.364. The second-order valence-corrected chi connectivity index (χ2v) is 8.20. The second-order valence-electron chi connectivity index (χ2n) is 7.81. The van der Waals surface area contributed by atoms with E-state index in [9.17, 15) is 22.4 Å². The predicted molar refractivity (Wildman–Crippen MR) is 113 cm³/mol. The molecule has 1 aromatic carbocycles. The SMILES string of the molecule is O=C(c1ccc(C(F)F)cc1)[N+](=S)C1CCC(Nc2cccc3nc(C(F)F)cn23)CC1. The minimum Gasteiger partial charge on any atom is -0.368 e. The third-order valence-corrected chi connectivity index (χ3v) is 6.19. The van der Waals surface area contributed by atoms with E-state index in [1.807, 2.05) is 6.07 Å². The monoisotopic (exact) mass is 465 g/mol. The van der Waals surface area contributed by atoms with E-state index in [1.165, 1.54) is 34.4 Å². The van der Waals surface area contributed by atoms with Crippen LogP contribution in [-0.4, -0.2) is 31.3 Å². The van der Waals surface area contributed by atoms with Crippen LogP contribution in [0.2, 0.25) is 0 Å². The average molecular weight is 465 g/mol. The lowest BCUT2D eigenvalue weighted by molar-refractivity contribution is -0.448. The number of carbonyl (C=O) groups excluding carboxylic acids is 1. The molecule has 32 heavy (non-hydrogen) atoms. The zero-order valence-electron chi connectivity index (χ0n) is 16.9. The number of halogens is 4. The fourth-order valence-electron chi connectivity index (χ4n) is 3.98. The summed E-state index contributed by atoms with van der Waals surface area (Å²) in [4.78, 5) is 16.6. The molecule has 0 radical (unpaired) electrons. The highest BCUT2D eigenvalue weighted by Crippen LogP contribution is 2.27. The summed E-state index contributed by atoms with van der Waals surface area (Å²) in [7, 11) is 0. The molecule has 0 unspecified atom stereocenters. The van der Waals surface area contributed by atoms with Crippen LogP contribution in [0.15, 0.2) is 48.7 Å². The van der Waals surface area contributed by atoms with Gasteiger partial charge in [0.05, 0.1) is 5.56 Å². The lowest BCUT2D eigenvalue weighted by Crippen LogP contribution is -2.37. The van der Waals surface area contributed by atoms with Gasteiger partial charge in [0.1, 0.15) is 17.2 Å². The number of benzene rings is 1. The van der Waals surface area contributed by atoms with Crippen LogP contribution in [0.5, 0.6) is 0 Å². The Morgan fingerprint density at radius 2 is 1.72 bits per heavy atom. The van der Waals surface area contributed by atoms with Crippen LogP contribution in [0, 0.1) is 0 Å². The van der Waals surface area contributed by atoms with E-state index < -0.39 is 12.9 Å². The smallest absolute Gasteiger partial charge is 0.368 e. The number of nitrogens with zero attached hydrogens (tertiary/aromatic N) is 3. The van der Waals surface area contributed by atoms with Crippen molar-refractivity contribution in [1.82, 2.24) is 9.38 Å². The van der Waals surface area contributed by atoms with Gasteiger partial charge >= 0.3 is 5.91 Å². The van der Waals surface area contributed by atoms with Gasteiger partial charge in [0, 0.05) is 30.6 Å². The van der Waals surface area contributed by atoms with Gasteiger partial charge in [-0.05, 0) is 37.1 Å². The number of hydrogen-bond acceptors (Lipinski definition) is 4. The molecule has 2 heterocycles. The largest absolute Gasteiger partial charge is 0.433 e. The quantitative estimate of drug-likeness (QED) is 0.385. The number of aromatic nitrogens is 2. The number of carbonyl (C=O) groups is 1. The van der Waals surface area contributed by atoms with E-state index in [0.29, 0.717) is 24.3 Å². The molecule has 1 N–H and O–H groups in total. The molecule has 1 fully saturated rings. The normalized spacial score (nSPS) is 18.9. The molecule has 2 aromatic heterocycles. The Balaban J connectivity index is 1.37. The van der Waals surface area contributed by atoms with Gasteiger partial charge in [-0.1, -0.05) is 22.1 Å². The molecule has 0 bridgehead atoms. The second kappa shape index (κ2) is 9.32. The number of pyridine rings is 1. The first-order valence-corrected chi connectivity index (χ1v) is 10.6. The first kappa shape index (κ1) is 22.3. The van der Waals surface area contributed by atoms with E-state index in [-0.39, 0.29) is 34.8 Å². The Hall–Kier alpha value is -2.88. The molecule has 0 aliphatic heterocycles. The summed E-state index contributed by atoms with van der Waals surface area (Å²) in [6, 6.07) is 10.4. The number of nitrogens with one attached hydrogen (secondary N) is 1. The summed E-state index contributed by atoms with van der Waals surface area (Å²) < 4.78 is 54.3. The highest BCUT2D eigenvalue weighted by atomic mass is 32.1. The van der Waals surface area contributed by atoms with Crippen LogP contribution >= 0.6 is 0 Å². The standard InChI is InChI=1S/C22H21F4N4OS/c23-20(24)13-4-6-14(7-5-13)22(31)30(32)16-10-8-15(9-11-16)27-18-2-1-3-19-28-17(21(25)26)12-29(18)19/h1-7,12,15-16,20-21,27H,8-11H2/q+1. The van der Waals surface area contributed by atoms with Gasteiger partial charge in [-0.2, -0.15) is 0 Å². The molecule has 5 nitrogen and oxygen atoms in total. The number of anilines is 1. The van der Waals surface area contributed by atoms with Crippen LogP contribution in [0.25, 0.3) is 5.65 Å². The number of imidazole rings is 1. The van der Waals surface area contributed by atoms with Gasteiger partial charge in [0.2, 0.25) is 0 Å². The summed E-state index contributed by atoms with van der Waals surface area (Å²) >= 11 is 5.34. The number of alkyl halides is 4. The maximum atomic E-state index is 13.0. The molecule has 0 saturated heterocycles. The zero-order chi connectivity index (χ0) is 22.8. The molecule has 4 rings (SSSR count). The molecule has 0 atom stereocenters. The zero-order valence-corrected chi connectivity index (χ0v) is 17.7. The van der Waals surface area contributed by atoms with Gasteiger partial charge in [0.25, 0.3) is 25.3 Å². The summed E-state index contributed by atoms with van der Waals surface area (Å²) in [6.07, 6.45) is -1.08. The van der Waals surface area contributed by atoms with E-state index in [2.05, 4.69) is 10.3 Å². The molecule has 3 aromatic rings. The Morgan fingerprint density at radius 1 is 1.03 bits per heavy atom. The van der Waals surface area contributed by atoms with Crippen LogP contribution in [0.1, 0.15) is 60.1 Å². The van der Waals surface area contributed by atoms with Crippen molar-refractivity contribution in [3.63, 3.8) is 0 Å². The van der Waals surface area contributed by atoms with Crippen molar-refractivity contribution in [1.29, 1.82) is 0 Å². The van der Waals surface area contributed by atoms with Gasteiger partial charge in [-0.15, -0.1) is 0 Å². The van der Waals surface area contributed by atoms with Crippen molar-refractivity contribution < 1.29 is 26.3 Å². The van der Waals surface area contributed by atoms with Crippen molar-refractivity contribution >= 4 is 29.8 Å². The number of fused-ring (bicyclic) bond motifs is 1. The molecule has 1 aliphatic rings. The molecule has 0 spiro atoms. The maximum absolute atomic E-state index is 13.0. The Labute approximate surface area is 187 Å². The molecule has 1 saturated carbocycles. The summed E-state index contributed by atoms with van der Waals surface area (Å²) in [5.74, 6) is 0.302. The topological polar surface area (TPSA) is 49.4 Å². The predicted octanol–water partition coefficient (Wildman–Crippen LogP) is 5.52. The molecular formula is C22H21F4N4OS+. The molecular weight excluding hydrogens is 444 g/mol. The Bertz CT molecular complexity index is 1120. The highest BCUT2D eigenvalue weighted by Gasteiger charge is 2.34. The van der Waals surface area contributed by atoms with Crippen molar-refractivity contribution in [3.05, 3.63) is 65.5 Å². The Kier molecular flexibility index (Phi) is 6.50. The van der Waals surface area contributed by atoms with Crippen molar-refractivity contribution in [2.45, 2.75) is 50.6 Å². The van der Waals surface area contributed by atoms with Crippen LogP contribution in [0.3, 0.4) is 0 Å². The minimum absolute atomic E-state index is 0.0954. The summed E-state index contributed by atoms with van der Waals surface area (Å²) in [6.45, 7) is 0. The molecule has 168 valence electrons. The van der Waals surface area contributed by atoms with Crippen LogP contribution < -0.4 is 5.32 Å². The Morgan fingerprint density at radius 3 is 2.34 bits per heavy atom. The van der Waals surface area contributed by atoms with Gasteiger partial charge in [-0.3, -0.25) is 4.40 Å². The van der Waals surface area contributed by atoms with E-state index >= 15 is 0 Å². The van der Waals surface area contributed by atoms with Crippen molar-refractivity contribution in [2.75, 3.05) is 5.32 Å². The van der Waals surface area contributed by atoms with E-state index in [0.717, 1.165) is 12.8 Å². The minimum atomic E-state index is -2.64. The van der Waals surface area contributed by atoms with E-state index in [4.69, 9.17) is 12.4 Å². The first-order chi connectivity index (χ1) is 15.3. The summed E-state index contributed by atoms with van der Waals surface area (Å²) in [5, 5.41) is 3.38. The highest BCUT2D eigenvalue weighted by molar-refractivity contribution is 7.44. The third-order valence-electron chi connectivity index (χ3n) is 5.72. The third kappa shape index (κ3) is 4.64. The van der Waals surface area contributed by atoms with Crippen molar-refractivity contribution in [2.24, 2.45) is 0 Å². The maximum Gasteiger partial charge on any atom is 0.433 e. The van der Waals surface area contributed by atoms with Gasteiger partial charge < -0.3 is 5.32 Å². The summed E-state index contributed by atoms with van der Waals surface area (Å²) in [5.41, 5.74) is 0.313. The van der Waals surface area contributed by atoms with Crippen molar-refractivity contribution in [3.8, 4) is 0 Å². The lowest BCUT2D eigenvalue weighted by Gasteiger charge is -2.26. The molecule has 1 aliphatic carbocycles. The fourth-order valence-corrected chi connectivity index (χ4v) is 4.30. The van der Waals surface area contributed by atoms with E-state index in [1.54, 1.807) is 16.5 Å². The molecule has 1 amide bonds. The van der Waals surface area contributed by atoms with Gasteiger partial charge in [-0.25, -0.2) is 27.3 Å². The van der Waals surface area contributed by atoms with Gasteiger partial charge in [0.15, 0.2) is 6.04 Å². The average Bonchev–Trinajstić information content (AvgIpc) is 3.25. The van der Waals surface area contributed by atoms with Crippen LogP contribution in [0.4, 0.5) is 23.4 Å².